The Morgan fingerprint density at radius 3 is 2.41 bits per heavy atom. The summed E-state index contributed by atoms with van der Waals surface area (Å²) in [4.78, 5) is 43.3. The molecule has 3 fully saturated rings. The minimum Gasteiger partial charge on any atom is -0.371 e. The molecule has 32 heavy (non-hydrogen) atoms. The predicted octanol–water partition coefficient (Wildman–Crippen LogP) is 1.10. The summed E-state index contributed by atoms with van der Waals surface area (Å²) in [6, 6.07) is 6.84. The quantitative estimate of drug-likeness (QED) is 0.684. The first kappa shape index (κ1) is 21.4. The van der Waals surface area contributed by atoms with Crippen molar-refractivity contribution in [1.29, 1.82) is 0 Å². The molecular formula is C24H33N5O3. The van der Waals surface area contributed by atoms with Crippen molar-refractivity contribution in [2.75, 3.05) is 38.1 Å². The number of carbonyl (C=O) groups excluding carboxylic acids is 3. The Morgan fingerprint density at radius 1 is 0.969 bits per heavy atom. The average Bonchev–Trinajstić information content (AvgIpc) is 3.15. The lowest BCUT2D eigenvalue weighted by atomic mass is 9.97. The van der Waals surface area contributed by atoms with Gasteiger partial charge in [0.15, 0.2) is 0 Å². The smallest absolute Gasteiger partial charge is 0.255 e. The van der Waals surface area contributed by atoms with Crippen LogP contribution in [0.25, 0.3) is 0 Å². The molecule has 172 valence electrons. The Balaban J connectivity index is 1.22. The summed E-state index contributed by atoms with van der Waals surface area (Å²) in [5, 5.41) is 5.82. The monoisotopic (exact) mass is 439 g/mol. The Bertz CT molecular complexity index is 905. The van der Waals surface area contributed by atoms with Crippen LogP contribution in [0.4, 0.5) is 5.69 Å². The van der Waals surface area contributed by atoms with Crippen molar-refractivity contribution >= 4 is 23.4 Å². The normalized spacial score (nSPS) is 25.4. The van der Waals surface area contributed by atoms with E-state index in [0.29, 0.717) is 30.6 Å². The zero-order valence-corrected chi connectivity index (χ0v) is 18.8. The van der Waals surface area contributed by atoms with Gasteiger partial charge in [-0.25, -0.2) is 0 Å². The molecule has 0 bridgehead atoms. The topological polar surface area (TPSA) is 85.0 Å². The lowest BCUT2D eigenvalue weighted by molar-refractivity contribution is -0.136. The molecule has 2 N–H and O–H groups in total. The van der Waals surface area contributed by atoms with Gasteiger partial charge in [0.25, 0.3) is 5.91 Å². The summed E-state index contributed by atoms with van der Waals surface area (Å²) in [7, 11) is 2.29. The summed E-state index contributed by atoms with van der Waals surface area (Å²) < 4.78 is 0. The van der Waals surface area contributed by atoms with Crippen molar-refractivity contribution in [3.63, 3.8) is 0 Å². The number of nitrogens with one attached hydrogen (secondary N) is 2. The molecule has 3 saturated heterocycles. The van der Waals surface area contributed by atoms with E-state index in [4.69, 9.17) is 0 Å². The summed E-state index contributed by atoms with van der Waals surface area (Å²) in [5.41, 5.74) is 2.81. The summed E-state index contributed by atoms with van der Waals surface area (Å²) in [5.74, 6) is -0.724. The van der Waals surface area contributed by atoms with Gasteiger partial charge in [0.1, 0.15) is 6.04 Å². The SMILES string of the molecule is CN(C1CCNCC1)C1CCN(c2ccc3c(c2)CN(C2CCC(=O)NC2=O)C3=O)CC1. The molecule has 1 unspecified atom stereocenters. The fourth-order valence-electron chi connectivity index (χ4n) is 5.80. The van der Waals surface area contributed by atoms with Gasteiger partial charge >= 0.3 is 0 Å². The van der Waals surface area contributed by atoms with Gasteiger partial charge in [-0.3, -0.25) is 19.7 Å². The van der Waals surface area contributed by atoms with E-state index in [0.717, 1.165) is 50.3 Å². The number of carbonyl (C=O) groups is 3. The van der Waals surface area contributed by atoms with Crippen molar-refractivity contribution in [2.45, 2.75) is 63.2 Å². The maximum atomic E-state index is 12.9. The molecule has 3 amide bonds. The second-order valence-electron chi connectivity index (χ2n) is 9.61. The Morgan fingerprint density at radius 2 is 1.69 bits per heavy atom. The van der Waals surface area contributed by atoms with E-state index < -0.39 is 6.04 Å². The highest BCUT2D eigenvalue weighted by atomic mass is 16.2. The molecule has 0 spiro atoms. The first-order valence-electron chi connectivity index (χ1n) is 12.0. The molecule has 4 aliphatic rings. The molecule has 0 radical (unpaired) electrons. The maximum Gasteiger partial charge on any atom is 0.255 e. The third-order valence-electron chi connectivity index (χ3n) is 7.80. The molecule has 1 atom stereocenters. The Hall–Kier alpha value is -2.45. The highest BCUT2D eigenvalue weighted by Gasteiger charge is 2.39. The van der Waals surface area contributed by atoms with Gasteiger partial charge in [-0.2, -0.15) is 0 Å². The molecule has 1 aromatic rings. The van der Waals surface area contributed by atoms with Gasteiger partial charge in [-0.15, -0.1) is 0 Å². The van der Waals surface area contributed by atoms with E-state index in [-0.39, 0.29) is 24.1 Å². The number of piperidine rings is 3. The summed E-state index contributed by atoms with van der Waals surface area (Å²) in [6.45, 7) is 4.71. The highest BCUT2D eigenvalue weighted by molar-refractivity contribution is 6.05. The van der Waals surface area contributed by atoms with Crippen molar-refractivity contribution in [2.24, 2.45) is 0 Å². The van der Waals surface area contributed by atoms with Gasteiger partial charge in [-0.05, 0) is 76.0 Å². The molecular weight excluding hydrogens is 406 g/mol. The number of fused-ring (bicyclic) bond motifs is 1. The molecule has 8 nitrogen and oxygen atoms in total. The zero-order chi connectivity index (χ0) is 22.2. The van der Waals surface area contributed by atoms with Gasteiger partial charge in [-0.1, -0.05) is 0 Å². The van der Waals surface area contributed by atoms with E-state index in [1.165, 1.54) is 12.8 Å². The molecule has 0 saturated carbocycles. The van der Waals surface area contributed by atoms with Crippen LogP contribution in [-0.2, 0) is 16.1 Å². The van der Waals surface area contributed by atoms with E-state index in [1.807, 2.05) is 12.1 Å². The molecule has 4 aliphatic heterocycles. The van der Waals surface area contributed by atoms with Crippen LogP contribution in [0.5, 0.6) is 0 Å². The lowest BCUT2D eigenvalue weighted by Gasteiger charge is -2.42. The number of benzene rings is 1. The van der Waals surface area contributed by atoms with Crippen molar-refractivity contribution in [1.82, 2.24) is 20.4 Å². The number of nitrogens with zero attached hydrogens (tertiary/aromatic N) is 3. The van der Waals surface area contributed by atoms with E-state index in [9.17, 15) is 14.4 Å². The highest BCUT2D eigenvalue weighted by Crippen LogP contribution is 2.32. The van der Waals surface area contributed by atoms with Gasteiger partial charge < -0.3 is 20.0 Å². The molecule has 4 heterocycles. The van der Waals surface area contributed by atoms with Gasteiger partial charge in [0.2, 0.25) is 11.8 Å². The van der Waals surface area contributed by atoms with Crippen LogP contribution >= 0.6 is 0 Å². The number of imide groups is 1. The number of hydrogen-bond acceptors (Lipinski definition) is 6. The Kier molecular flexibility index (Phi) is 5.90. The molecule has 1 aromatic carbocycles. The molecule has 0 aliphatic carbocycles. The fourth-order valence-corrected chi connectivity index (χ4v) is 5.80. The maximum absolute atomic E-state index is 12.9. The third-order valence-corrected chi connectivity index (χ3v) is 7.80. The fraction of sp³-hybridized carbons (Fsp3) is 0.625. The zero-order valence-electron chi connectivity index (χ0n) is 18.8. The number of amides is 3. The minimum atomic E-state index is -0.558. The minimum absolute atomic E-state index is 0.108. The van der Waals surface area contributed by atoms with E-state index in [2.05, 4.69) is 33.5 Å². The number of anilines is 1. The molecule has 5 rings (SSSR count). The second kappa shape index (κ2) is 8.83. The van der Waals surface area contributed by atoms with E-state index >= 15 is 0 Å². The largest absolute Gasteiger partial charge is 0.371 e. The van der Waals surface area contributed by atoms with E-state index in [1.54, 1.807) is 4.90 Å². The third kappa shape index (κ3) is 4.01. The molecule has 8 heteroatoms. The standard InChI is InChI=1S/C24H33N5O3/c1-27(17-6-10-25-11-7-17)18-8-12-28(13-9-18)19-2-3-20-16(14-19)15-29(24(20)32)21-4-5-22(30)26-23(21)31/h2-3,14,17-18,21,25H,4-13,15H2,1H3,(H,26,30,31). The first-order chi connectivity index (χ1) is 15.5. The predicted molar refractivity (Wildman–Crippen MR) is 121 cm³/mol. The van der Waals surface area contributed by atoms with Gasteiger partial charge in [0, 0.05) is 49.4 Å². The van der Waals surface area contributed by atoms with Crippen LogP contribution in [0.1, 0.15) is 54.4 Å². The average molecular weight is 440 g/mol. The van der Waals surface area contributed by atoms with Crippen LogP contribution in [0.2, 0.25) is 0 Å². The Labute approximate surface area is 189 Å². The summed E-state index contributed by atoms with van der Waals surface area (Å²) >= 11 is 0. The van der Waals surface area contributed by atoms with Crippen molar-refractivity contribution < 1.29 is 14.4 Å². The second-order valence-corrected chi connectivity index (χ2v) is 9.61. The lowest BCUT2D eigenvalue weighted by Crippen LogP contribution is -2.52. The molecule has 0 aromatic heterocycles. The van der Waals surface area contributed by atoms with Gasteiger partial charge in [0.05, 0.1) is 0 Å². The summed E-state index contributed by atoms with van der Waals surface area (Å²) in [6.07, 6.45) is 5.45. The van der Waals surface area contributed by atoms with Crippen LogP contribution in [0, 0.1) is 0 Å². The van der Waals surface area contributed by atoms with Crippen molar-refractivity contribution in [3.8, 4) is 0 Å². The number of rotatable bonds is 4. The van der Waals surface area contributed by atoms with Crippen molar-refractivity contribution in [3.05, 3.63) is 29.3 Å². The van der Waals surface area contributed by atoms with Crippen LogP contribution < -0.4 is 15.5 Å². The number of hydrogen-bond donors (Lipinski definition) is 2. The van der Waals surface area contributed by atoms with Crippen LogP contribution in [-0.4, -0.2) is 78.9 Å². The van der Waals surface area contributed by atoms with Crippen LogP contribution in [0.3, 0.4) is 0 Å². The first-order valence-corrected chi connectivity index (χ1v) is 12.0. The van der Waals surface area contributed by atoms with Crippen LogP contribution in [0.15, 0.2) is 18.2 Å².